The predicted octanol–water partition coefficient (Wildman–Crippen LogP) is 7.40. The van der Waals surface area contributed by atoms with E-state index in [2.05, 4.69) is 0 Å². The normalized spacial score (nSPS) is 17.7. The largest absolute Gasteiger partial charge is 0.492 e. The summed E-state index contributed by atoms with van der Waals surface area (Å²) in [7, 11) is -1.94. The molecular weight excluding hydrogens is 543 g/mol. The minimum absolute atomic E-state index is 0.175. The molecule has 202 valence electrons. The number of carboxylic acids is 1. The number of likely N-dealkylation sites (N-methyl/N-ethyl adjacent to an activating group) is 1. The summed E-state index contributed by atoms with van der Waals surface area (Å²) in [6.07, 6.45) is 0. The third kappa shape index (κ3) is 5.32. The lowest BCUT2D eigenvalue weighted by Gasteiger charge is -2.43. The van der Waals surface area contributed by atoms with Gasteiger partial charge in [0.05, 0.1) is 27.2 Å². The first-order valence-electron chi connectivity index (χ1n) is 12.0. The van der Waals surface area contributed by atoms with E-state index in [4.69, 9.17) is 16.3 Å². The number of fused-ring (bicyclic) bond motifs is 1. The number of carbonyl (C=O) groups is 1. The SMILES string of the molecule is CN1C(COc2ccccc2)CN(c2ccccc2)c2cc(Cl)c(-c3ccc(F)c(C(=O)O)c3)cc2S1(O)O. The van der Waals surface area contributed by atoms with E-state index < -0.39 is 34.2 Å². The van der Waals surface area contributed by atoms with Gasteiger partial charge in [0, 0.05) is 24.8 Å². The van der Waals surface area contributed by atoms with Gasteiger partial charge in [0.15, 0.2) is 0 Å². The Kier molecular flexibility index (Phi) is 7.53. The van der Waals surface area contributed by atoms with E-state index in [0.717, 1.165) is 11.8 Å². The molecule has 1 aliphatic heterocycles. The molecule has 1 atom stereocenters. The maximum atomic E-state index is 14.1. The van der Waals surface area contributed by atoms with E-state index in [0.29, 0.717) is 29.1 Å². The molecule has 5 rings (SSSR count). The van der Waals surface area contributed by atoms with E-state index in [-0.39, 0.29) is 16.5 Å². The lowest BCUT2D eigenvalue weighted by Crippen LogP contribution is -2.43. The zero-order chi connectivity index (χ0) is 27.7. The number of para-hydroxylation sites is 2. The zero-order valence-corrected chi connectivity index (χ0v) is 22.4. The molecule has 0 aromatic heterocycles. The summed E-state index contributed by atoms with van der Waals surface area (Å²) in [5.74, 6) is -1.63. The van der Waals surface area contributed by atoms with Crippen LogP contribution in [0, 0.1) is 5.82 Å². The Bertz CT molecular complexity index is 1510. The van der Waals surface area contributed by atoms with Crippen molar-refractivity contribution in [1.29, 1.82) is 0 Å². The van der Waals surface area contributed by atoms with Crippen LogP contribution in [0.15, 0.2) is 95.9 Å². The van der Waals surface area contributed by atoms with Crippen LogP contribution in [-0.4, -0.2) is 50.7 Å². The lowest BCUT2D eigenvalue weighted by atomic mass is 10.0. The molecule has 1 unspecified atom stereocenters. The van der Waals surface area contributed by atoms with Gasteiger partial charge in [0.2, 0.25) is 0 Å². The van der Waals surface area contributed by atoms with Crippen LogP contribution in [0.25, 0.3) is 11.1 Å². The van der Waals surface area contributed by atoms with Gasteiger partial charge >= 0.3 is 5.97 Å². The number of hydrogen-bond acceptors (Lipinski definition) is 6. The first-order valence-corrected chi connectivity index (χ1v) is 13.9. The number of halogens is 2. The van der Waals surface area contributed by atoms with E-state index in [1.165, 1.54) is 16.4 Å². The molecule has 39 heavy (non-hydrogen) atoms. The lowest BCUT2D eigenvalue weighted by molar-refractivity contribution is 0.0692. The molecule has 0 saturated heterocycles. The molecule has 0 fully saturated rings. The highest BCUT2D eigenvalue weighted by Gasteiger charge is 2.38. The summed E-state index contributed by atoms with van der Waals surface area (Å²) in [6.45, 7) is 0.528. The molecule has 3 N–H and O–H groups in total. The van der Waals surface area contributed by atoms with Crippen molar-refractivity contribution in [2.45, 2.75) is 10.9 Å². The highest BCUT2D eigenvalue weighted by Crippen LogP contribution is 2.59. The van der Waals surface area contributed by atoms with Crippen LogP contribution in [0.2, 0.25) is 5.02 Å². The van der Waals surface area contributed by atoms with Gasteiger partial charge in [0.25, 0.3) is 0 Å². The molecule has 4 aromatic rings. The second-order valence-electron chi connectivity index (χ2n) is 9.09. The number of anilines is 2. The topological polar surface area (TPSA) is 93.5 Å². The standard InChI is InChI=1S/C29H26ClFN2O5S/c1-32-21(18-38-22-10-6-3-7-11-22)17-33(20-8-4-2-5-9-20)27-16-25(30)23(15-28(27)39(32,36)37)19-12-13-26(31)24(14-19)29(34)35/h2-16,21,36-37H,17-18H2,1H3,(H,34,35). The number of hydrogen-bond donors (Lipinski definition) is 3. The van der Waals surface area contributed by atoms with Gasteiger partial charge in [-0.15, -0.1) is 10.8 Å². The van der Waals surface area contributed by atoms with Gasteiger partial charge in [-0.3, -0.25) is 9.11 Å². The van der Waals surface area contributed by atoms with Crippen molar-refractivity contribution in [2.24, 2.45) is 0 Å². The fourth-order valence-electron chi connectivity index (χ4n) is 4.56. The van der Waals surface area contributed by atoms with Gasteiger partial charge in [-0.25, -0.2) is 9.18 Å². The Hall–Kier alpha value is -3.60. The molecule has 4 aromatic carbocycles. The van der Waals surface area contributed by atoms with Crippen molar-refractivity contribution in [1.82, 2.24) is 4.31 Å². The quantitative estimate of drug-likeness (QED) is 0.223. The number of carboxylic acid groups (broad SMARTS) is 1. The Labute approximate surface area is 232 Å². The van der Waals surface area contributed by atoms with Gasteiger partial charge in [-0.1, -0.05) is 54.1 Å². The Morgan fingerprint density at radius 2 is 1.69 bits per heavy atom. The molecule has 0 saturated carbocycles. The van der Waals surface area contributed by atoms with Crippen LogP contribution in [0.5, 0.6) is 5.75 Å². The molecular formula is C29H26ClFN2O5S. The van der Waals surface area contributed by atoms with Gasteiger partial charge in [0.1, 0.15) is 18.2 Å². The molecule has 1 aliphatic rings. The maximum Gasteiger partial charge on any atom is 0.338 e. The fraction of sp³-hybridized carbons (Fsp3) is 0.138. The van der Waals surface area contributed by atoms with Crippen molar-refractivity contribution >= 4 is 39.7 Å². The van der Waals surface area contributed by atoms with E-state index in [1.807, 2.05) is 65.6 Å². The van der Waals surface area contributed by atoms with Crippen molar-refractivity contribution in [3.63, 3.8) is 0 Å². The molecule has 0 amide bonds. The summed E-state index contributed by atoms with van der Waals surface area (Å²) >= 11 is 6.72. The average Bonchev–Trinajstić information content (AvgIpc) is 3.01. The molecule has 1 heterocycles. The smallest absolute Gasteiger partial charge is 0.338 e. The van der Waals surface area contributed by atoms with Crippen molar-refractivity contribution in [3.05, 3.63) is 107 Å². The van der Waals surface area contributed by atoms with Crippen molar-refractivity contribution in [3.8, 4) is 16.9 Å². The van der Waals surface area contributed by atoms with Crippen LogP contribution in [0.1, 0.15) is 10.4 Å². The monoisotopic (exact) mass is 568 g/mol. The highest BCUT2D eigenvalue weighted by atomic mass is 35.5. The Morgan fingerprint density at radius 1 is 1.03 bits per heavy atom. The summed E-state index contributed by atoms with van der Waals surface area (Å²) in [5.41, 5.74) is 1.47. The van der Waals surface area contributed by atoms with Gasteiger partial charge in [-0.05, 0) is 54.1 Å². The number of ether oxygens (including phenoxy) is 1. The number of nitrogens with zero attached hydrogens (tertiary/aromatic N) is 2. The first-order chi connectivity index (χ1) is 18.7. The molecule has 0 aliphatic carbocycles. The van der Waals surface area contributed by atoms with Crippen LogP contribution in [0.4, 0.5) is 15.8 Å². The minimum Gasteiger partial charge on any atom is -0.492 e. The number of aromatic carboxylic acids is 1. The van der Waals surface area contributed by atoms with Gasteiger partial charge < -0.3 is 14.7 Å². The zero-order valence-electron chi connectivity index (χ0n) is 20.9. The molecule has 0 bridgehead atoms. The minimum atomic E-state index is -3.57. The average molecular weight is 569 g/mol. The number of rotatable bonds is 6. The summed E-state index contributed by atoms with van der Waals surface area (Å²) in [5, 5.41) is 9.65. The van der Waals surface area contributed by atoms with Crippen LogP contribution < -0.4 is 9.64 Å². The summed E-state index contributed by atoms with van der Waals surface area (Å²) in [6, 6.07) is 25.1. The van der Waals surface area contributed by atoms with Crippen molar-refractivity contribution in [2.75, 3.05) is 25.1 Å². The summed E-state index contributed by atoms with van der Waals surface area (Å²) in [4.78, 5) is 13.7. The van der Waals surface area contributed by atoms with E-state index >= 15 is 0 Å². The van der Waals surface area contributed by atoms with Crippen molar-refractivity contribution < 1.29 is 28.1 Å². The molecule has 10 heteroatoms. The van der Waals surface area contributed by atoms with E-state index in [9.17, 15) is 23.4 Å². The molecule has 7 nitrogen and oxygen atoms in total. The predicted molar refractivity (Wildman–Crippen MR) is 152 cm³/mol. The first kappa shape index (κ1) is 27.0. The van der Waals surface area contributed by atoms with Gasteiger partial charge in [-0.2, -0.15) is 4.31 Å². The second kappa shape index (κ2) is 10.9. The van der Waals surface area contributed by atoms with Crippen LogP contribution in [0.3, 0.4) is 0 Å². The van der Waals surface area contributed by atoms with E-state index in [1.54, 1.807) is 19.2 Å². The fourth-order valence-corrected chi connectivity index (χ4v) is 6.40. The van der Waals surface area contributed by atoms with Crippen LogP contribution in [-0.2, 0) is 0 Å². The second-order valence-corrected chi connectivity index (χ2v) is 11.5. The maximum absolute atomic E-state index is 14.1. The van der Waals surface area contributed by atoms with Crippen LogP contribution >= 0.6 is 22.4 Å². The molecule has 0 radical (unpaired) electrons. The third-order valence-corrected chi connectivity index (χ3v) is 9.04. The molecule has 0 spiro atoms. The number of benzene rings is 4. The Morgan fingerprint density at radius 3 is 2.36 bits per heavy atom. The Balaban J connectivity index is 1.63. The summed E-state index contributed by atoms with van der Waals surface area (Å²) < 4.78 is 44.9. The highest BCUT2D eigenvalue weighted by molar-refractivity contribution is 8.22. The third-order valence-electron chi connectivity index (χ3n) is 6.70.